The highest BCUT2D eigenvalue weighted by Crippen LogP contribution is 2.14. The van der Waals surface area contributed by atoms with Crippen molar-refractivity contribution in [1.82, 2.24) is 9.62 Å². The third kappa shape index (κ3) is 7.47. The normalized spacial score (nSPS) is 12.6. The molecular weight excluding hydrogens is 398 g/mol. The van der Waals surface area contributed by atoms with E-state index in [1.807, 2.05) is 27.7 Å². The van der Waals surface area contributed by atoms with Crippen LogP contribution in [-0.4, -0.2) is 55.8 Å². The van der Waals surface area contributed by atoms with Crippen LogP contribution in [0.3, 0.4) is 0 Å². The Bertz CT molecular complexity index is 826. The molecule has 0 aromatic heterocycles. The Balaban J connectivity index is 2.68. The maximum Gasteiger partial charge on any atom is 0.321 e. The van der Waals surface area contributed by atoms with Gasteiger partial charge in [-0.1, -0.05) is 0 Å². The van der Waals surface area contributed by atoms with Crippen LogP contribution >= 0.6 is 0 Å². The second kappa shape index (κ2) is 10.4. The van der Waals surface area contributed by atoms with Gasteiger partial charge in [-0.25, -0.2) is 8.42 Å². The molecule has 0 aliphatic carbocycles. The topological polar surface area (TPSA) is 122 Å². The number of ether oxygens (including phenoxy) is 1. The predicted molar refractivity (Wildman–Crippen MR) is 109 cm³/mol. The average molecular weight is 428 g/mol. The molecule has 0 aliphatic rings. The number of benzene rings is 1. The highest BCUT2D eigenvalue weighted by molar-refractivity contribution is 7.89. The number of amides is 2. The molecule has 1 rings (SSSR count). The van der Waals surface area contributed by atoms with Gasteiger partial charge in [-0.2, -0.15) is 4.72 Å². The molecule has 162 valence electrons. The lowest BCUT2D eigenvalue weighted by Crippen LogP contribution is -2.48. The number of rotatable bonds is 9. The first kappa shape index (κ1) is 24.6. The summed E-state index contributed by atoms with van der Waals surface area (Å²) < 4.78 is 31.8. The first-order valence-electron chi connectivity index (χ1n) is 9.24. The minimum Gasteiger partial charge on any atom is -0.452 e. The fourth-order valence-electron chi connectivity index (χ4n) is 2.76. The van der Waals surface area contributed by atoms with E-state index in [9.17, 15) is 22.8 Å². The molecule has 0 radical (unpaired) electrons. The summed E-state index contributed by atoms with van der Waals surface area (Å²) in [5, 5.41) is 2.53. The maximum atomic E-state index is 12.5. The van der Waals surface area contributed by atoms with Crippen LogP contribution in [0.15, 0.2) is 29.2 Å². The molecule has 0 heterocycles. The van der Waals surface area contributed by atoms with Gasteiger partial charge in [0.25, 0.3) is 5.91 Å². The van der Waals surface area contributed by atoms with Crippen molar-refractivity contribution < 1.29 is 27.5 Å². The second-order valence-corrected chi connectivity index (χ2v) is 8.86. The van der Waals surface area contributed by atoms with Crippen LogP contribution in [0.4, 0.5) is 5.69 Å². The number of hydrogen-bond acceptors (Lipinski definition) is 6. The molecule has 2 amide bonds. The lowest BCUT2D eigenvalue weighted by atomic mass is 10.2. The summed E-state index contributed by atoms with van der Waals surface area (Å²) in [5.41, 5.74) is 0.447. The van der Waals surface area contributed by atoms with Crippen LogP contribution in [0, 0.1) is 0 Å². The summed E-state index contributed by atoms with van der Waals surface area (Å²) in [6.07, 6.45) is -1.03. The molecular formula is C19H29N3O6S. The van der Waals surface area contributed by atoms with E-state index in [0.29, 0.717) is 5.69 Å². The zero-order valence-electron chi connectivity index (χ0n) is 17.6. The number of carbonyl (C=O) groups excluding carboxylic acids is 3. The van der Waals surface area contributed by atoms with E-state index in [4.69, 9.17) is 4.74 Å². The molecule has 0 saturated heterocycles. The largest absolute Gasteiger partial charge is 0.452 e. The van der Waals surface area contributed by atoms with Gasteiger partial charge in [0.2, 0.25) is 15.9 Å². The molecule has 0 spiro atoms. The van der Waals surface area contributed by atoms with Crippen molar-refractivity contribution in [2.45, 2.75) is 64.6 Å². The minimum atomic E-state index is -3.96. The first-order chi connectivity index (χ1) is 13.3. The highest BCUT2D eigenvalue weighted by Gasteiger charge is 2.28. The van der Waals surface area contributed by atoms with E-state index in [1.54, 1.807) is 4.90 Å². The molecule has 0 unspecified atom stereocenters. The molecule has 0 fully saturated rings. The van der Waals surface area contributed by atoms with Crippen LogP contribution in [0.1, 0.15) is 41.5 Å². The molecule has 0 aliphatic heterocycles. The molecule has 0 bridgehead atoms. The third-order valence-corrected chi connectivity index (χ3v) is 5.33. The van der Waals surface area contributed by atoms with Gasteiger partial charge in [-0.05, 0) is 58.9 Å². The average Bonchev–Trinajstić information content (AvgIpc) is 2.59. The molecule has 1 aromatic rings. The maximum absolute atomic E-state index is 12.5. The van der Waals surface area contributed by atoms with Gasteiger partial charge in [-0.15, -0.1) is 0 Å². The fourth-order valence-corrected chi connectivity index (χ4v) is 3.73. The van der Waals surface area contributed by atoms with Crippen LogP contribution in [-0.2, 0) is 29.1 Å². The molecule has 1 atom stereocenters. The third-order valence-electron chi connectivity index (χ3n) is 3.91. The van der Waals surface area contributed by atoms with Crippen molar-refractivity contribution in [3.8, 4) is 0 Å². The van der Waals surface area contributed by atoms with E-state index >= 15 is 0 Å². The van der Waals surface area contributed by atoms with Gasteiger partial charge >= 0.3 is 5.97 Å². The van der Waals surface area contributed by atoms with Crippen LogP contribution in [0.5, 0.6) is 0 Å². The summed E-state index contributed by atoms with van der Waals surface area (Å²) in [4.78, 5) is 37.0. The number of nitrogens with one attached hydrogen (secondary N) is 2. The number of nitrogens with zero attached hydrogens (tertiary/aromatic N) is 1. The van der Waals surface area contributed by atoms with Crippen molar-refractivity contribution in [2.24, 2.45) is 0 Å². The fraction of sp³-hybridized carbons (Fsp3) is 0.526. The summed E-state index contributed by atoms with van der Waals surface area (Å²) in [7, 11) is -3.96. The van der Waals surface area contributed by atoms with Gasteiger partial charge in [0.15, 0.2) is 6.10 Å². The van der Waals surface area contributed by atoms with Gasteiger partial charge in [0.05, 0.1) is 4.90 Å². The number of esters is 1. The molecule has 9 nitrogen and oxygen atoms in total. The van der Waals surface area contributed by atoms with E-state index in [-0.39, 0.29) is 28.8 Å². The zero-order chi connectivity index (χ0) is 22.4. The Morgan fingerprint density at radius 1 is 1.00 bits per heavy atom. The molecule has 29 heavy (non-hydrogen) atoms. The van der Waals surface area contributed by atoms with Gasteiger partial charge in [-0.3, -0.25) is 14.4 Å². The van der Waals surface area contributed by atoms with E-state index < -0.39 is 28.6 Å². The number of anilines is 1. The Labute approximate surface area is 171 Å². The summed E-state index contributed by atoms with van der Waals surface area (Å²) in [6.45, 7) is 9.61. The van der Waals surface area contributed by atoms with Gasteiger partial charge < -0.3 is 15.0 Å². The highest BCUT2D eigenvalue weighted by atomic mass is 32.2. The quantitative estimate of drug-likeness (QED) is 0.576. The summed E-state index contributed by atoms with van der Waals surface area (Å²) in [6, 6.07) is 5.33. The number of hydrogen-bond donors (Lipinski definition) is 2. The van der Waals surface area contributed by atoms with Crippen molar-refractivity contribution in [2.75, 3.05) is 11.9 Å². The van der Waals surface area contributed by atoms with Gasteiger partial charge in [0, 0.05) is 24.7 Å². The number of sulfonamides is 1. The van der Waals surface area contributed by atoms with Crippen LogP contribution in [0.2, 0.25) is 0 Å². The molecule has 2 N–H and O–H groups in total. The van der Waals surface area contributed by atoms with Crippen molar-refractivity contribution >= 4 is 33.5 Å². The van der Waals surface area contributed by atoms with E-state index in [1.165, 1.54) is 38.1 Å². The predicted octanol–water partition coefficient (Wildman–Crippen LogP) is 1.50. The van der Waals surface area contributed by atoms with Gasteiger partial charge in [0.1, 0.15) is 6.54 Å². The standard InChI is InChI=1S/C19H29N3O6S/c1-12(2)22(13(3)4)19(25)14(5)28-18(24)11-20-29(26,27)17-9-7-16(8-10-17)21-15(6)23/h7-10,12-14,20H,11H2,1-6H3,(H,21,23)/t14-/m0/s1. The number of carbonyl (C=O) groups is 3. The Morgan fingerprint density at radius 2 is 1.52 bits per heavy atom. The lowest BCUT2D eigenvalue weighted by molar-refractivity contribution is -0.160. The molecule has 1 aromatic carbocycles. The smallest absolute Gasteiger partial charge is 0.321 e. The monoisotopic (exact) mass is 427 g/mol. The van der Waals surface area contributed by atoms with Crippen LogP contribution in [0.25, 0.3) is 0 Å². The first-order valence-corrected chi connectivity index (χ1v) is 10.7. The Kier molecular flexibility index (Phi) is 8.78. The van der Waals surface area contributed by atoms with Crippen molar-refractivity contribution in [3.63, 3.8) is 0 Å². The summed E-state index contributed by atoms with van der Waals surface area (Å²) in [5.74, 6) is -1.49. The van der Waals surface area contributed by atoms with E-state index in [2.05, 4.69) is 10.0 Å². The van der Waals surface area contributed by atoms with Crippen molar-refractivity contribution in [1.29, 1.82) is 0 Å². The Morgan fingerprint density at radius 3 is 1.97 bits per heavy atom. The molecule has 0 saturated carbocycles. The SMILES string of the molecule is CC(=O)Nc1ccc(S(=O)(=O)NCC(=O)O[C@@H](C)C(=O)N(C(C)C)C(C)C)cc1. The van der Waals surface area contributed by atoms with Crippen LogP contribution < -0.4 is 10.0 Å². The minimum absolute atomic E-state index is 0.0670. The van der Waals surface area contributed by atoms with Crippen molar-refractivity contribution in [3.05, 3.63) is 24.3 Å². The second-order valence-electron chi connectivity index (χ2n) is 7.10. The molecule has 10 heteroatoms. The summed E-state index contributed by atoms with van der Waals surface area (Å²) >= 11 is 0. The Hall–Kier alpha value is -2.46. The zero-order valence-corrected chi connectivity index (χ0v) is 18.4. The lowest BCUT2D eigenvalue weighted by Gasteiger charge is -2.32. The van der Waals surface area contributed by atoms with E-state index in [0.717, 1.165) is 0 Å².